The standard InChI is InChI=1S/C14H23N3O3/c18-7-6-17(10-12-3-1-5-15-12)11-14(19)16-9-13-4-2-8-20-13/h2,4,8,12,15,18H,1,3,5-7,9-11H2,(H,16,19). The summed E-state index contributed by atoms with van der Waals surface area (Å²) in [7, 11) is 0. The van der Waals surface area contributed by atoms with Crippen molar-refractivity contribution in [3.63, 3.8) is 0 Å². The van der Waals surface area contributed by atoms with E-state index < -0.39 is 0 Å². The number of carbonyl (C=O) groups excluding carboxylic acids is 1. The molecule has 112 valence electrons. The van der Waals surface area contributed by atoms with E-state index in [0.29, 0.717) is 25.7 Å². The molecule has 0 aliphatic carbocycles. The summed E-state index contributed by atoms with van der Waals surface area (Å²) in [5, 5.41) is 15.3. The fraction of sp³-hybridized carbons (Fsp3) is 0.643. The van der Waals surface area contributed by atoms with Gasteiger partial charge in [-0.2, -0.15) is 0 Å². The number of hydrogen-bond acceptors (Lipinski definition) is 5. The first kappa shape index (κ1) is 15.0. The van der Waals surface area contributed by atoms with E-state index in [2.05, 4.69) is 10.6 Å². The highest BCUT2D eigenvalue weighted by Gasteiger charge is 2.19. The molecule has 6 heteroatoms. The highest BCUT2D eigenvalue weighted by Crippen LogP contribution is 2.06. The third kappa shape index (κ3) is 4.96. The van der Waals surface area contributed by atoms with Crippen LogP contribution in [-0.4, -0.2) is 54.7 Å². The van der Waals surface area contributed by atoms with Crippen molar-refractivity contribution in [2.45, 2.75) is 25.4 Å². The lowest BCUT2D eigenvalue weighted by molar-refractivity contribution is -0.122. The van der Waals surface area contributed by atoms with E-state index in [1.807, 2.05) is 11.0 Å². The summed E-state index contributed by atoms with van der Waals surface area (Å²) in [6.45, 7) is 3.14. The molecule has 0 spiro atoms. The van der Waals surface area contributed by atoms with E-state index in [4.69, 9.17) is 9.52 Å². The van der Waals surface area contributed by atoms with Crippen molar-refractivity contribution in [1.29, 1.82) is 0 Å². The van der Waals surface area contributed by atoms with Gasteiger partial charge in [0.25, 0.3) is 0 Å². The Morgan fingerprint density at radius 1 is 1.60 bits per heavy atom. The lowest BCUT2D eigenvalue weighted by Gasteiger charge is -2.24. The fourth-order valence-electron chi connectivity index (χ4n) is 2.46. The first-order chi connectivity index (χ1) is 9.78. The van der Waals surface area contributed by atoms with Crippen LogP contribution < -0.4 is 10.6 Å². The Kier molecular flexibility index (Phi) is 6.04. The molecule has 1 aromatic heterocycles. The van der Waals surface area contributed by atoms with Gasteiger partial charge < -0.3 is 20.2 Å². The second kappa shape index (κ2) is 8.04. The molecule has 1 saturated heterocycles. The van der Waals surface area contributed by atoms with Crippen LogP contribution in [0.3, 0.4) is 0 Å². The maximum Gasteiger partial charge on any atom is 0.234 e. The Hall–Kier alpha value is -1.37. The van der Waals surface area contributed by atoms with Crippen molar-refractivity contribution in [1.82, 2.24) is 15.5 Å². The van der Waals surface area contributed by atoms with Crippen molar-refractivity contribution >= 4 is 5.91 Å². The number of aliphatic hydroxyl groups is 1. The van der Waals surface area contributed by atoms with E-state index in [-0.39, 0.29) is 12.5 Å². The summed E-state index contributed by atoms with van der Waals surface area (Å²) in [4.78, 5) is 13.9. The summed E-state index contributed by atoms with van der Waals surface area (Å²) >= 11 is 0. The number of aliphatic hydroxyl groups excluding tert-OH is 1. The Morgan fingerprint density at radius 3 is 3.15 bits per heavy atom. The Morgan fingerprint density at radius 2 is 2.50 bits per heavy atom. The third-order valence-corrected chi connectivity index (χ3v) is 3.46. The van der Waals surface area contributed by atoms with Crippen LogP contribution in [0.2, 0.25) is 0 Å². The molecule has 3 N–H and O–H groups in total. The largest absolute Gasteiger partial charge is 0.467 e. The van der Waals surface area contributed by atoms with Gasteiger partial charge in [0, 0.05) is 19.1 Å². The molecule has 0 aromatic carbocycles. The number of furan rings is 1. The third-order valence-electron chi connectivity index (χ3n) is 3.46. The van der Waals surface area contributed by atoms with Gasteiger partial charge in [-0.25, -0.2) is 0 Å². The van der Waals surface area contributed by atoms with E-state index in [1.54, 1.807) is 12.3 Å². The molecule has 2 heterocycles. The second-order valence-electron chi connectivity index (χ2n) is 5.11. The first-order valence-electron chi connectivity index (χ1n) is 7.13. The molecule has 1 fully saturated rings. The van der Waals surface area contributed by atoms with Crippen LogP contribution in [0.4, 0.5) is 0 Å². The lowest BCUT2D eigenvalue weighted by Crippen LogP contribution is -2.44. The average Bonchev–Trinajstić information content (AvgIpc) is 3.09. The molecule has 1 aliphatic rings. The van der Waals surface area contributed by atoms with Gasteiger partial charge in [0.1, 0.15) is 5.76 Å². The zero-order chi connectivity index (χ0) is 14.2. The zero-order valence-electron chi connectivity index (χ0n) is 11.7. The molecule has 1 aliphatic heterocycles. The molecule has 1 atom stereocenters. The van der Waals surface area contributed by atoms with Gasteiger partial charge in [-0.05, 0) is 31.5 Å². The van der Waals surface area contributed by atoms with Crippen LogP contribution in [-0.2, 0) is 11.3 Å². The van der Waals surface area contributed by atoms with E-state index in [9.17, 15) is 4.79 Å². The van der Waals surface area contributed by atoms with Crippen LogP contribution >= 0.6 is 0 Å². The smallest absolute Gasteiger partial charge is 0.234 e. The minimum Gasteiger partial charge on any atom is -0.467 e. The molecule has 6 nitrogen and oxygen atoms in total. The van der Waals surface area contributed by atoms with Crippen LogP contribution in [0.15, 0.2) is 22.8 Å². The van der Waals surface area contributed by atoms with Crippen LogP contribution in [0.5, 0.6) is 0 Å². The average molecular weight is 281 g/mol. The van der Waals surface area contributed by atoms with Gasteiger partial charge in [0.2, 0.25) is 5.91 Å². The van der Waals surface area contributed by atoms with Crippen molar-refractivity contribution in [3.8, 4) is 0 Å². The summed E-state index contributed by atoms with van der Waals surface area (Å²) in [5.74, 6) is 0.692. The van der Waals surface area contributed by atoms with Gasteiger partial charge in [-0.1, -0.05) is 0 Å². The zero-order valence-corrected chi connectivity index (χ0v) is 11.7. The Labute approximate surface area is 119 Å². The van der Waals surface area contributed by atoms with E-state index in [0.717, 1.165) is 25.3 Å². The highest BCUT2D eigenvalue weighted by molar-refractivity contribution is 5.77. The summed E-state index contributed by atoms with van der Waals surface area (Å²) in [6.07, 6.45) is 3.91. The number of carbonyl (C=O) groups is 1. The van der Waals surface area contributed by atoms with Gasteiger partial charge in [0.05, 0.1) is 26.0 Å². The Balaban J connectivity index is 1.72. The van der Waals surface area contributed by atoms with E-state index in [1.165, 1.54) is 6.42 Å². The number of hydrogen-bond donors (Lipinski definition) is 3. The fourth-order valence-corrected chi connectivity index (χ4v) is 2.46. The minimum absolute atomic E-state index is 0.0483. The van der Waals surface area contributed by atoms with Crippen molar-refractivity contribution in [2.75, 3.05) is 32.8 Å². The van der Waals surface area contributed by atoms with Crippen LogP contribution in [0, 0.1) is 0 Å². The lowest BCUT2D eigenvalue weighted by atomic mass is 10.2. The first-order valence-corrected chi connectivity index (χ1v) is 7.13. The van der Waals surface area contributed by atoms with Crippen molar-refractivity contribution in [3.05, 3.63) is 24.2 Å². The quantitative estimate of drug-likeness (QED) is 0.622. The summed E-state index contributed by atoms with van der Waals surface area (Å²) < 4.78 is 5.17. The molecule has 0 bridgehead atoms. The predicted octanol–water partition coefficient (Wildman–Crippen LogP) is -0.0579. The molecule has 0 saturated carbocycles. The predicted molar refractivity (Wildman–Crippen MR) is 75.1 cm³/mol. The summed E-state index contributed by atoms with van der Waals surface area (Å²) in [5.41, 5.74) is 0. The number of nitrogens with one attached hydrogen (secondary N) is 2. The topological polar surface area (TPSA) is 77.7 Å². The van der Waals surface area contributed by atoms with Crippen LogP contribution in [0.25, 0.3) is 0 Å². The maximum atomic E-state index is 11.9. The molecular formula is C14H23N3O3. The number of nitrogens with zero attached hydrogens (tertiary/aromatic N) is 1. The van der Waals surface area contributed by atoms with Gasteiger partial charge in [-0.3, -0.25) is 9.69 Å². The Bertz CT molecular complexity index is 388. The monoisotopic (exact) mass is 281 g/mol. The summed E-state index contributed by atoms with van der Waals surface area (Å²) in [6, 6.07) is 4.05. The van der Waals surface area contributed by atoms with Crippen molar-refractivity contribution in [2.24, 2.45) is 0 Å². The van der Waals surface area contributed by atoms with E-state index >= 15 is 0 Å². The number of rotatable bonds is 8. The molecule has 1 amide bonds. The highest BCUT2D eigenvalue weighted by atomic mass is 16.3. The van der Waals surface area contributed by atoms with Crippen molar-refractivity contribution < 1.29 is 14.3 Å². The molecular weight excluding hydrogens is 258 g/mol. The molecule has 1 unspecified atom stereocenters. The minimum atomic E-state index is -0.0483. The second-order valence-corrected chi connectivity index (χ2v) is 5.11. The molecule has 2 rings (SSSR count). The van der Waals surface area contributed by atoms with Gasteiger partial charge >= 0.3 is 0 Å². The maximum absolute atomic E-state index is 11.9. The molecule has 0 radical (unpaired) electrons. The number of amides is 1. The van der Waals surface area contributed by atoms with Gasteiger partial charge in [0.15, 0.2) is 0 Å². The normalized spacial score (nSPS) is 18.6. The molecule has 1 aromatic rings. The molecule has 20 heavy (non-hydrogen) atoms. The van der Waals surface area contributed by atoms with Gasteiger partial charge in [-0.15, -0.1) is 0 Å². The van der Waals surface area contributed by atoms with Crippen LogP contribution in [0.1, 0.15) is 18.6 Å². The SMILES string of the molecule is O=C(CN(CCO)CC1CCCN1)NCc1ccco1.